The van der Waals surface area contributed by atoms with E-state index in [-0.39, 0.29) is 16.9 Å². The molecule has 1 aromatic carbocycles. The van der Waals surface area contributed by atoms with Crippen LogP contribution in [0.1, 0.15) is 36.8 Å². The van der Waals surface area contributed by atoms with Gasteiger partial charge < -0.3 is 5.11 Å². The summed E-state index contributed by atoms with van der Waals surface area (Å²) in [6.07, 6.45) is 1.82. The zero-order chi connectivity index (χ0) is 16.3. The molecule has 1 atom stereocenters. The molecule has 0 aliphatic carbocycles. The van der Waals surface area contributed by atoms with Crippen LogP contribution in [0, 0.1) is 18.3 Å². The molecule has 0 spiro atoms. The number of piperidine rings is 1. The van der Waals surface area contributed by atoms with E-state index in [1.165, 1.54) is 10.4 Å². The predicted octanol–water partition coefficient (Wildman–Crippen LogP) is 1.88. The number of benzene rings is 1. The molecule has 7 heteroatoms. The highest BCUT2D eigenvalue weighted by Gasteiger charge is 2.36. The van der Waals surface area contributed by atoms with Crippen molar-refractivity contribution in [1.29, 1.82) is 5.26 Å². The van der Waals surface area contributed by atoms with Crippen molar-refractivity contribution in [3.8, 4) is 6.07 Å². The van der Waals surface area contributed by atoms with Crippen molar-refractivity contribution in [1.82, 2.24) is 4.31 Å². The minimum atomic E-state index is -3.87. The van der Waals surface area contributed by atoms with Gasteiger partial charge in [-0.2, -0.15) is 9.57 Å². The summed E-state index contributed by atoms with van der Waals surface area (Å²) in [5.74, 6) is -1.02. The largest absolute Gasteiger partial charge is 0.481 e. The molecule has 0 saturated carbocycles. The lowest BCUT2D eigenvalue weighted by Gasteiger charge is -2.34. The maximum Gasteiger partial charge on any atom is 0.304 e. The molecule has 1 N–H and O–H groups in total. The van der Waals surface area contributed by atoms with Gasteiger partial charge in [-0.15, -0.1) is 0 Å². The molecule has 1 aliphatic rings. The molecule has 1 saturated heterocycles. The van der Waals surface area contributed by atoms with Crippen LogP contribution in [0.15, 0.2) is 23.1 Å². The number of aliphatic carboxylic acids is 1. The van der Waals surface area contributed by atoms with Crippen LogP contribution in [0.4, 0.5) is 0 Å². The molecule has 22 heavy (non-hydrogen) atoms. The first-order valence-electron chi connectivity index (χ1n) is 7.11. The molecule has 1 heterocycles. The minimum absolute atomic E-state index is 0.0349. The Morgan fingerprint density at radius 2 is 2.18 bits per heavy atom. The first-order valence-corrected chi connectivity index (χ1v) is 8.55. The lowest BCUT2D eigenvalue weighted by molar-refractivity contribution is -0.138. The molecule has 0 aromatic heterocycles. The molecule has 0 amide bonds. The Hall–Kier alpha value is -1.91. The van der Waals surface area contributed by atoms with Crippen LogP contribution in [0.25, 0.3) is 0 Å². The fourth-order valence-corrected chi connectivity index (χ4v) is 4.73. The summed E-state index contributed by atoms with van der Waals surface area (Å²) in [5, 5.41) is 18.2. The number of carbonyl (C=O) groups is 1. The Morgan fingerprint density at radius 1 is 1.45 bits per heavy atom. The summed E-state index contributed by atoms with van der Waals surface area (Å²) in [6, 6.07) is 6.08. The SMILES string of the molecule is Cc1cccc(S(=O)(=O)N2CCCCC2CC(=O)O)c1C#N. The Morgan fingerprint density at radius 3 is 2.82 bits per heavy atom. The zero-order valence-corrected chi connectivity index (χ0v) is 13.1. The standard InChI is InChI=1S/C15H18N2O4S/c1-11-5-4-7-14(13(11)10-16)22(20,21)17-8-3-2-6-12(17)9-15(18)19/h4-5,7,12H,2-3,6,8-9H2,1H3,(H,18,19). The summed E-state index contributed by atoms with van der Waals surface area (Å²) in [6.45, 7) is 1.97. The van der Waals surface area contributed by atoms with Crippen LogP contribution in [0.3, 0.4) is 0 Å². The lowest BCUT2D eigenvalue weighted by atomic mass is 10.0. The quantitative estimate of drug-likeness (QED) is 0.912. The second-order valence-electron chi connectivity index (χ2n) is 5.42. The third kappa shape index (κ3) is 3.13. The number of hydrogen-bond donors (Lipinski definition) is 1. The van der Waals surface area contributed by atoms with Gasteiger partial charge in [0.2, 0.25) is 10.0 Å². The van der Waals surface area contributed by atoms with E-state index in [9.17, 15) is 18.5 Å². The molecule has 1 fully saturated rings. The van der Waals surface area contributed by atoms with Gasteiger partial charge in [0.25, 0.3) is 0 Å². The Labute approximate surface area is 130 Å². The Bertz CT molecular complexity index is 722. The van der Waals surface area contributed by atoms with E-state index in [4.69, 9.17) is 5.11 Å². The van der Waals surface area contributed by atoms with Crippen molar-refractivity contribution in [3.05, 3.63) is 29.3 Å². The van der Waals surface area contributed by atoms with Crippen LogP contribution in [0.2, 0.25) is 0 Å². The topological polar surface area (TPSA) is 98.5 Å². The molecule has 1 unspecified atom stereocenters. The summed E-state index contributed by atoms with van der Waals surface area (Å²) in [4.78, 5) is 10.9. The van der Waals surface area contributed by atoms with Crippen LogP contribution in [-0.4, -0.2) is 36.4 Å². The average molecular weight is 322 g/mol. The van der Waals surface area contributed by atoms with Gasteiger partial charge in [0.15, 0.2) is 0 Å². The number of aryl methyl sites for hydroxylation is 1. The van der Waals surface area contributed by atoms with Gasteiger partial charge in [0.1, 0.15) is 11.0 Å². The molecular formula is C15H18N2O4S. The van der Waals surface area contributed by atoms with Gasteiger partial charge in [0, 0.05) is 12.6 Å². The third-order valence-corrected chi connectivity index (χ3v) is 5.91. The number of rotatable bonds is 4. The number of nitriles is 1. The van der Waals surface area contributed by atoms with Gasteiger partial charge in [-0.1, -0.05) is 18.6 Å². The molecule has 0 bridgehead atoms. The first kappa shape index (κ1) is 16.5. The molecule has 6 nitrogen and oxygen atoms in total. The Kier molecular flexibility index (Phi) is 4.84. The van der Waals surface area contributed by atoms with Crippen molar-refractivity contribution < 1.29 is 18.3 Å². The smallest absolute Gasteiger partial charge is 0.304 e. The summed E-state index contributed by atoms with van der Waals surface area (Å²) < 4.78 is 27.0. The number of hydrogen-bond acceptors (Lipinski definition) is 4. The lowest BCUT2D eigenvalue weighted by Crippen LogP contribution is -2.44. The number of carboxylic acid groups (broad SMARTS) is 1. The third-order valence-electron chi connectivity index (χ3n) is 3.92. The molecule has 1 aromatic rings. The summed E-state index contributed by atoms with van der Waals surface area (Å²) in [5.41, 5.74) is 0.720. The number of nitrogens with zero attached hydrogens (tertiary/aromatic N) is 2. The van der Waals surface area contributed by atoms with Gasteiger partial charge in [0.05, 0.1) is 12.0 Å². The highest BCUT2D eigenvalue weighted by atomic mass is 32.2. The van der Waals surface area contributed by atoms with Crippen molar-refractivity contribution in [3.63, 3.8) is 0 Å². The van der Waals surface area contributed by atoms with Crippen LogP contribution in [-0.2, 0) is 14.8 Å². The van der Waals surface area contributed by atoms with Crippen LogP contribution >= 0.6 is 0 Å². The van der Waals surface area contributed by atoms with Gasteiger partial charge in [-0.3, -0.25) is 4.79 Å². The average Bonchev–Trinajstić information content (AvgIpc) is 2.46. The second-order valence-corrected chi connectivity index (χ2v) is 7.28. The van der Waals surface area contributed by atoms with Crippen LogP contribution in [0.5, 0.6) is 0 Å². The van der Waals surface area contributed by atoms with Crippen molar-refractivity contribution in [2.75, 3.05) is 6.54 Å². The number of carboxylic acids is 1. The first-order chi connectivity index (χ1) is 10.4. The highest BCUT2D eigenvalue weighted by Crippen LogP contribution is 2.29. The fraction of sp³-hybridized carbons (Fsp3) is 0.467. The van der Waals surface area contributed by atoms with Crippen molar-refractivity contribution in [2.45, 2.75) is 43.5 Å². The molecular weight excluding hydrogens is 304 g/mol. The molecule has 118 valence electrons. The minimum Gasteiger partial charge on any atom is -0.481 e. The van der Waals surface area contributed by atoms with E-state index in [0.717, 1.165) is 6.42 Å². The second kappa shape index (κ2) is 6.46. The van der Waals surface area contributed by atoms with E-state index < -0.39 is 22.0 Å². The summed E-state index contributed by atoms with van der Waals surface area (Å²) in [7, 11) is -3.87. The van der Waals surface area contributed by atoms with E-state index >= 15 is 0 Å². The molecule has 2 rings (SSSR count). The van der Waals surface area contributed by atoms with Gasteiger partial charge in [-0.05, 0) is 31.4 Å². The maximum atomic E-state index is 12.9. The maximum absolute atomic E-state index is 12.9. The summed E-state index contributed by atoms with van der Waals surface area (Å²) >= 11 is 0. The Balaban J connectivity index is 2.47. The monoisotopic (exact) mass is 322 g/mol. The van der Waals surface area contributed by atoms with E-state index in [0.29, 0.717) is 24.9 Å². The predicted molar refractivity (Wildman–Crippen MR) is 79.7 cm³/mol. The van der Waals surface area contributed by atoms with Crippen LogP contribution < -0.4 is 0 Å². The van der Waals surface area contributed by atoms with Crippen molar-refractivity contribution >= 4 is 16.0 Å². The van der Waals surface area contributed by atoms with Gasteiger partial charge >= 0.3 is 5.97 Å². The van der Waals surface area contributed by atoms with Crippen molar-refractivity contribution in [2.24, 2.45) is 0 Å². The van der Waals surface area contributed by atoms with Gasteiger partial charge in [-0.25, -0.2) is 8.42 Å². The fourth-order valence-electron chi connectivity index (χ4n) is 2.82. The van der Waals surface area contributed by atoms with E-state index in [2.05, 4.69) is 0 Å². The number of sulfonamides is 1. The molecule has 0 radical (unpaired) electrons. The molecule has 1 aliphatic heterocycles. The van der Waals surface area contributed by atoms with E-state index in [1.807, 2.05) is 6.07 Å². The highest BCUT2D eigenvalue weighted by molar-refractivity contribution is 7.89. The normalized spacial score (nSPS) is 19.5. The van der Waals surface area contributed by atoms with E-state index in [1.54, 1.807) is 19.1 Å². The zero-order valence-electron chi connectivity index (χ0n) is 12.3.